The summed E-state index contributed by atoms with van der Waals surface area (Å²) in [5.74, 6) is 0. The molecule has 0 aromatic rings. The summed E-state index contributed by atoms with van der Waals surface area (Å²) in [7, 11) is 0. The maximum atomic E-state index is 0. The molecule has 0 rings (SSSR count). The Morgan fingerprint density at radius 3 is 0.231 bits per heavy atom. The third-order valence-electron chi connectivity index (χ3n) is 0. The topological polar surface area (TPSA) is 214 Å². The quantitative estimate of drug-likeness (QED) is 0.440. The van der Waals surface area contributed by atoms with Crippen molar-refractivity contribution in [3.63, 3.8) is 0 Å². The molecule has 0 aliphatic heterocycles. The first-order valence-corrected chi connectivity index (χ1v) is 0. The van der Waals surface area contributed by atoms with Crippen molar-refractivity contribution in [1.29, 1.82) is 0 Å². The van der Waals surface area contributed by atoms with E-state index < -0.39 is 0 Å². The van der Waals surface area contributed by atoms with Crippen LogP contribution in [-0.4, -0.2) is 52.1 Å². The van der Waals surface area contributed by atoms with Gasteiger partial charge in [-0.2, -0.15) is 0 Å². The monoisotopic (exact) mass is 485 g/mol. The third-order valence-corrected chi connectivity index (χ3v) is 0. The molecule has 68 valence electrons. The molecule has 7 nitrogen and oxygen atoms in total. The second-order valence-electron chi connectivity index (χ2n) is 0. The molecule has 0 heterocycles. The van der Waals surface area contributed by atoms with Crippen molar-refractivity contribution in [2.24, 2.45) is 0 Å². The number of nitrogens with zero attached hydrogens (tertiary/aromatic N) is 7. The Kier molecular flexibility index (Phi) is 8510. The van der Waals surface area contributed by atoms with Crippen LogP contribution in [0.15, 0.2) is 0 Å². The van der Waals surface area contributed by atoms with Gasteiger partial charge < -0.3 is 43.1 Å². The van der Waals surface area contributed by atoms with Gasteiger partial charge in [-0.15, -0.1) is 0 Å². The van der Waals surface area contributed by atoms with E-state index in [2.05, 4.69) is 0 Å². The molecule has 0 unspecified atom stereocenters. The summed E-state index contributed by atoms with van der Waals surface area (Å²) in [5.41, 5.74) is 0. The molecule has 0 radical (unpaired) electrons. The summed E-state index contributed by atoms with van der Waals surface area (Å²) < 4.78 is 0. The Labute approximate surface area is 152 Å². The molecule has 0 aromatic carbocycles. The molecule has 0 aliphatic rings. The molecule has 0 saturated carbocycles. The zero-order chi connectivity index (χ0) is 0. The SMILES string of the molecule is [Al+3].[Al+3].[Al+3].[N-3].[N-3].[N-3].[N-3].[N-3].[N-3].[N-3].[Ru+4].[Ru+4].[Ru+4]. The van der Waals surface area contributed by atoms with Gasteiger partial charge >= 0.3 is 111 Å². The van der Waals surface area contributed by atoms with E-state index >= 15 is 0 Å². The van der Waals surface area contributed by atoms with Crippen LogP contribution in [-0.2, 0) is 58.4 Å². The average Bonchev–Trinajstić information content (AvgIpc) is 0. The summed E-state index contributed by atoms with van der Waals surface area (Å²) in [6.45, 7) is 0. The van der Waals surface area contributed by atoms with Crippen LogP contribution in [0, 0.1) is 0 Å². The normalized spacial score (nSPS) is 0. The van der Waals surface area contributed by atoms with Crippen LogP contribution < -0.4 is 0 Å². The fourth-order valence-electron chi connectivity index (χ4n) is 0. The molecule has 0 aromatic heterocycles. The smallest absolute Gasteiger partial charge is 3.00 e. The summed E-state index contributed by atoms with van der Waals surface area (Å²) in [5, 5.41) is 0. The fourth-order valence-corrected chi connectivity index (χ4v) is 0. The van der Waals surface area contributed by atoms with E-state index in [-0.39, 0.29) is 154 Å². The Morgan fingerprint density at radius 2 is 0.231 bits per heavy atom. The Balaban J connectivity index is 0. The van der Waals surface area contributed by atoms with Gasteiger partial charge in [-0.3, -0.25) is 0 Å². The molecule has 0 bridgehead atoms. The van der Waals surface area contributed by atoms with Crippen molar-refractivity contribution in [3.8, 4) is 0 Å². The maximum Gasteiger partial charge on any atom is 4.00 e. The molecule has 13 heavy (non-hydrogen) atoms. The van der Waals surface area contributed by atoms with Crippen LogP contribution in [0.3, 0.4) is 0 Å². The van der Waals surface area contributed by atoms with Crippen LogP contribution in [0.1, 0.15) is 0 Å². The van der Waals surface area contributed by atoms with Crippen molar-refractivity contribution in [2.45, 2.75) is 0 Å². The number of rotatable bonds is 0. The van der Waals surface area contributed by atoms with Crippen molar-refractivity contribution in [2.75, 3.05) is 0 Å². The van der Waals surface area contributed by atoms with Crippen LogP contribution in [0.25, 0.3) is 43.1 Å². The first kappa shape index (κ1) is 367. The van der Waals surface area contributed by atoms with Gasteiger partial charge in [-0.05, 0) is 0 Å². The molecule has 0 amide bonds. The van der Waals surface area contributed by atoms with E-state index in [0.717, 1.165) is 0 Å². The number of hydrogen-bond donors (Lipinski definition) is 0. The van der Waals surface area contributed by atoms with Gasteiger partial charge in [0.15, 0.2) is 0 Å². The second-order valence-corrected chi connectivity index (χ2v) is 0. The van der Waals surface area contributed by atoms with Crippen molar-refractivity contribution in [1.82, 2.24) is 0 Å². The Hall–Kier alpha value is 3.19. The van der Waals surface area contributed by atoms with E-state index in [4.69, 9.17) is 0 Å². The van der Waals surface area contributed by atoms with Crippen LogP contribution in [0.5, 0.6) is 0 Å². The van der Waals surface area contributed by atoms with E-state index in [1.165, 1.54) is 0 Å². The summed E-state index contributed by atoms with van der Waals surface area (Å²) in [6, 6.07) is 0. The largest absolute Gasteiger partial charge is 4.00 e. The summed E-state index contributed by atoms with van der Waals surface area (Å²) >= 11 is 0. The molecule has 0 saturated heterocycles. The molecule has 0 aliphatic carbocycles. The number of hydrogen-bond acceptors (Lipinski definition) is 0. The molecule has 0 fully saturated rings. The van der Waals surface area contributed by atoms with Gasteiger partial charge in [0.2, 0.25) is 0 Å². The predicted molar refractivity (Wildman–Crippen MR) is 40.8 cm³/mol. The molecule has 0 N–H and O–H groups in total. The minimum Gasteiger partial charge on any atom is -3.00 e. The average molecular weight is 482 g/mol. The van der Waals surface area contributed by atoms with E-state index in [1.807, 2.05) is 0 Å². The Morgan fingerprint density at radius 1 is 0.231 bits per heavy atom. The molecular formula is Al3N7Ru3. The third kappa shape index (κ3) is 260. The van der Waals surface area contributed by atoms with Gasteiger partial charge in [-0.1, -0.05) is 0 Å². The molecule has 0 atom stereocenters. The first-order chi connectivity index (χ1) is 0. The standard InChI is InChI=1S/3Al.7N.3Ru/q3*+3;7*-3;3*+4. The van der Waals surface area contributed by atoms with E-state index in [9.17, 15) is 0 Å². The fraction of sp³-hybridized carbons (Fsp3) is 0. The summed E-state index contributed by atoms with van der Waals surface area (Å²) in [4.78, 5) is 0. The maximum absolute atomic E-state index is 0. The van der Waals surface area contributed by atoms with Gasteiger partial charge in [-0.25, -0.2) is 0 Å². The zero-order valence-corrected chi connectivity index (χ0v) is 14.6. The van der Waals surface area contributed by atoms with Crippen molar-refractivity contribution in [3.05, 3.63) is 43.1 Å². The first-order valence-electron chi connectivity index (χ1n) is 0. The van der Waals surface area contributed by atoms with Gasteiger partial charge in [0, 0.05) is 0 Å². The van der Waals surface area contributed by atoms with E-state index in [1.54, 1.807) is 0 Å². The van der Waals surface area contributed by atoms with Crippen LogP contribution in [0.4, 0.5) is 0 Å². The molecule has 13 heteroatoms. The summed E-state index contributed by atoms with van der Waals surface area (Å²) in [6.07, 6.45) is 0. The van der Waals surface area contributed by atoms with Gasteiger partial charge in [0.25, 0.3) is 0 Å². The van der Waals surface area contributed by atoms with Gasteiger partial charge in [0.1, 0.15) is 0 Å². The molecular weight excluding hydrogens is 482 g/mol. The second kappa shape index (κ2) is 301. The van der Waals surface area contributed by atoms with Crippen LogP contribution >= 0.6 is 0 Å². The van der Waals surface area contributed by atoms with Crippen LogP contribution in [0.2, 0.25) is 0 Å². The zero-order valence-electron chi connectivity index (χ0n) is 5.92. The predicted octanol–water partition coefficient (Wildman–Crippen LogP) is 0.871. The minimum absolute atomic E-state index is 0. The minimum atomic E-state index is 0. The van der Waals surface area contributed by atoms with E-state index in [0.29, 0.717) is 0 Å². The van der Waals surface area contributed by atoms with Crippen molar-refractivity contribution >= 4 is 52.1 Å². The Bertz CT molecular complexity index is 18.9. The van der Waals surface area contributed by atoms with Gasteiger partial charge in [0.05, 0.1) is 0 Å². The molecule has 0 spiro atoms. The van der Waals surface area contributed by atoms with Crippen molar-refractivity contribution < 1.29 is 58.4 Å².